The van der Waals surface area contributed by atoms with Crippen molar-refractivity contribution in [3.8, 4) is 0 Å². The standard InChI is InChI=1S/C12H11Cl2F3O2/c1-2-19-11(18)10(14)6-7-3-4-9(13)8(5-7)12(15,16)17/h3-5,10H,2,6H2,1H3. The molecule has 0 bridgehead atoms. The molecule has 1 aromatic carbocycles. The van der Waals surface area contributed by atoms with Crippen molar-refractivity contribution in [2.24, 2.45) is 0 Å². The van der Waals surface area contributed by atoms with Gasteiger partial charge in [0, 0.05) is 0 Å². The minimum Gasteiger partial charge on any atom is -0.465 e. The number of carbonyl (C=O) groups is 1. The molecule has 19 heavy (non-hydrogen) atoms. The minimum absolute atomic E-state index is 0.0549. The van der Waals surface area contributed by atoms with Crippen molar-refractivity contribution in [3.63, 3.8) is 0 Å². The van der Waals surface area contributed by atoms with Gasteiger partial charge in [0.2, 0.25) is 0 Å². The third-order valence-electron chi connectivity index (χ3n) is 2.29. The van der Waals surface area contributed by atoms with Gasteiger partial charge in [-0.2, -0.15) is 13.2 Å². The van der Waals surface area contributed by atoms with Crippen LogP contribution in [0.25, 0.3) is 0 Å². The molecular formula is C12H11Cl2F3O2. The summed E-state index contributed by atoms with van der Waals surface area (Å²) in [4.78, 5) is 11.3. The molecule has 2 nitrogen and oxygen atoms in total. The van der Waals surface area contributed by atoms with Crippen LogP contribution in [-0.4, -0.2) is 18.0 Å². The molecule has 0 aliphatic heterocycles. The molecule has 0 aliphatic rings. The number of rotatable bonds is 4. The third-order valence-corrected chi connectivity index (χ3v) is 2.96. The van der Waals surface area contributed by atoms with Gasteiger partial charge in [0.05, 0.1) is 17.2 Å². The second kappa shape index (κ2) is 6.48. The maximum atomic E-state index is 12.6. The summed E-state index contributed by atoms with van der Waals surface area (Å²) in [6.45, 7) is 1.78. The smallest absolute Gasteiger partial charge is 0.417 e. The largest absolute Gasteiger partial charge is 0.465 e. The monoisotopic (exact) mass is 314 g/mol. The molecule has 1 unspecified atom stereocenters. The lowest BCUT2D eigenvalue weighted by Crippen LogP contribution is -2.20. The van der Waals surface area contributed by atoms with Crippen LogP contribution in [0.3, 0.4) is 0 Å². The van der Waals surface area contributed by atoms with Crippen LogP contribution in [-0.2, 0) is 22.1 Å². The highest BCUT2D eigenvalue weighted by atomic mass is 35.5. The predicted molar refractivity (Wildman–Crippen MR) is 66.4 cm³/mol. The van der Waals surface area contributed by atoms with Gasteiger partial charge in [-0.05, 0) is 31.0 Å². The molecule has 1 rings (SSSR count). The van der Waals surface area contributed by atoms with E-state index in [4.69, 9.17) is 23.2 Å². The predicted octanol–water partition coefficient (Wildman–Crippen LogP) is 4.07. The first-order valence-electron chi connectivity index (χ1n) is 5.42. The molecule has 0 aliphatic carbocycles. The second-order valence-electron chi connectivity index (χ2n) is 3.74. The van der Waals surface area contributed by atoms with Gasteiger partial charge in [-0.3, -0.25) is 4.79 Å². The van der Waals surface area contributed by atoms with Crippen LogP contribution in [0.5, 0.6) is 0 Å². The summed E-state index contributed by atoms with van der Waals surface area (Å²) in [5, 5.41) is -1.42. The van der Waals surface area contributed by atoms with Gasteiger partial charge in [0.1, 0.15) is 5.38 Å². The Morgan fingerprint density at radius 2 is 2.05 bits per heavy atom. The van der Waals surface area contributed by atoms with Crippen LogP contribution >= 0.6 is 23.2 Å². The van der Waals surface area contributed by atoms with Crippen LogP contribution in [0.15, 0.2) is 18.2 Å². The molecule has 1 atom stereocenters. The fraction of sp³-hybridized carbons (Fsp3) is 0.417. The van der Waals surface area contributed by atoms with Gasteiger partial charge >= 0.3 is 12.1 Å². The molecule has 0 heterocycles. The molecule has 0 spiro atoms. The van der Waals surface area contributed by atoms with Crippen molar-refractivity contribution >= 4 is 29.2 Å². The van der Waals surface area contributed by atoms with Crippen molar-refractivity contribution in [2.45, 2.75) is 24.9 Å². The van der Waals surface area contributed by atoms with E-state index >= 15 is 0 Å². The summed E-state index contributed by atoms with van der Waals surface area (Å²) in [5.74, 6) is -0.660. The van der Waals surface area contributed by atoms with E-state index in [1.165, 1.54) is 6.07 Å². The number of alkyl halides is 4. The van der Waals surface area contributed by atoms with Crippen LogP contribution in [0, 0.1) is 0 Å². The van der Waals surface area contributed by atoms with Crippen molar-refractivity contribution in [3.05, 3.63) is 34.3 Å². The summed E-state index contributed by atoms with van der Waals surface area (Å²) >= 11 is 11.2. The van der Waals surface area contributed by atoms with E-state index in [2.05, 4.69) is 4.74 Å². The molecule has 1 aromatic rings. The SMILES string of the molecule is CCOC(=O)C(Cl)Cc1ccc(Cl)c(C(F)(F)F)c1. The first kappa shape index (κ1) is 16.1. The molecule has 0 radical (unpaired) electrons. The quantitative estimate of drug-likeness (QED) is 0.618. The highest BCUT2D eigenvalue weighted by molar-refractivity contribution is 6.31. The van der Waals surface area contributed by atoms with E-state index in [0.717, 1.165) is 12.1 Å². The van der Waals surface area contributed by atoms with Gasteiger partial charge in [-0.1, -0.05) is 17.7 Å². The maximum absolute atomic E-state index is 12.6. The van der Waals surface area contributed by atoms with E-state index in [-0.39, 0.29) is 18.6 Å². The van der Waals surface area contributed by atoms with Crippen LogP contribution in [0.2, 0.25) is 5.02 Å². The summed E-state index contributed by atoms with van der Waals surface area (Å²) in [5.41, 5.74) is -0.677. The zero-order chi connectivity index (χ0) is 14.6. The average molecular weight is 315 g/mol. The Balaban J connectivity index is 2.89. The van der Waals surface area contributed by atoms with Gasteiger partial charge in [0.25, 0.3) is 0 Å². The van der Waals surface area contributed by atoms with Gasteiger partial charge < -0.3 is 4.74 Å². The Bertz CT molecular complexity index is 461. The van der Waals surface area contributed by atoms with E-state index in [1.807, 2.05) is 0 Å². The first-order valence-corrected chi connectivity index (χ1v) is 6.23. The summed E-state index contributed by atoms with van der Waals surface area (Å²) in [7, 11) is 0. The van der Waals surface area contributed by atoms with Crippen LogP contribution < -0.4 is 0 Å². The lowest BCUT2D eigenvalue weighted by atomic mass is 10.1. The lowest BCUT2D eigenvalue weighted by molar-refractivity contribution is -0.142. The fourth-order valence-corrected chi connectivity index (χ4v) is 1.91. The highest BCUT2D eigenvalue weighted by Gasteiger charge is 2.33. The number of ether oxygens (including phenoxy) is 1. The molecule has 106 valence electrons. The van der Waals surface area contributed by atoms with E-state index in [0.29, 0.717) is 0 Å². The molecule has 0 aromatic heterocycles. The molecule has 0 amide bonds. The first-order chi connectivity index (χ1) is 8.75. The Kier molecular flexibility index (Phi) is 5.50. The molecule has 0 N–H and O–H groups in total. The van der Waals surface area contributed by atoms with E-state index in [9.17, 15) is 18.0 Å². The number of carbonyl (C=O) groups excluding carboxylic acids is 1. The molecular weight excluding hydrogens is 304 g/mol. The summed E-state index contributed by atoms with van der Waals surface area (Å²) < 4.78 is 42.6. The zero-order valence-corrected chi connectivity index (χ0v) is 11.4. The fourth-order valence-electron chi connectivity index (χ4n) is 1.44. The van der Waals surface area contributed by atoms with Crippen LogP contribution in [0.4, 0.5) is 13.2 Å². The van der Waals surface area contributed by atoms with Gasteiger partial charge in [-0.25, -0.2) is 0 Å². The Morgan fingerprint density at radius 1 is 1.42 bits per heavy atom. The number of halogens is 5. The summed E-state index contributed by atoms with van der Waals surface area (Å²) in [6, 6.07) is 3.41. The second-order valence-corrected chi connectivity index (χ2v) is 4.67. The molecule has 7 heteroatoms. The number of benzene rings is 1. The van der Waals surface area contributed by atoms with Gasteiger partial charge in [-0.15, -0.1) is 11.6 Å². The lowest BCUT2D eigenvalue weighted by Gasteiger charge is -2.12. The minimum atomic E-state index is -4.54. The molecule has 0 fully saturated rings. The van der Waals surface area contributed by atoms with E-state index < -0.39 is 28.1 Å². The third kappa shape index (κ3) is 4.58. The maximum Gasteiger partial charge on any atom is 0.417 e. The Morgan fingerprint density at radius 3 is 2.58 bits per heavy atom. The topological polar surface area (TPSA) is 26.3 Å². The number of esters is 1. The van der Waals surface area contributed by atoms with Crippen LogP contribution in [0.1, 0.15) is 18.1 Å². The number of hydrogen-bond acceptors (Lipinski definition) is 2. The Hall–Kier alpha value is -0.940. The van der Waals surface area contributed by atoms with E-state index in [1.54, 1.807) is 6.92 Å². The number of hydrogen-bond donors (Lipinski definition) is 0. The van der Waals surface area contributed by atoms with Crippen molar-refractivity contribution < 1.29 is 22.7 Å². The van der Waals surface area contributed by atoms with Gasteiger partial charge in [0.15, 0.2) is 0 Å². The summed E-state index contributed by atoms with van der Waals surface area (Å²) in [6.07, 6.45) is -4.60. The average Bonchev–Trinajstić information content (AvgIpc) is 2.30. The molecule has 0 saturated carbocycles. The zero-order valence-electron chi connectivity index (χ0n) is 9.93. The normalized spacial score (nSPS) is 13.2. The van der Waals surface area contributed by atoms with Crippen molar-refractivity contribution in [1.82, 2.24) is 0 Å². The highest BCUT2D eigenvalue weighted by Crippen LogP contribution is 2.35. The molecule has 0 saturated heterocycles. The van der Waals surface area contributed by atoms with Crippen molar-refractivity contribution in [2.75, 3.05) is 6.61 Å². The Labute approximate surface area is 118 Å². The van der Waals surface area contributed by atoms with Crippen molar-refractivity contribution in [1.29, 1.82) is 0 Å².